The van der Waals surface area contributed by atoms with Gasteiger partial charge in [0, 0.05) is 6.07 Å². The maximum atomic E-state index is 12.4. The number of carbonyl (C=O) groups is 1. The summed E-state index contributed by atoms with van der Waals surface area (Å²) in [7, 11) is 1.54. The molecule has 0 saturated carbocycles. The number of benzene rings is 1. The Hall–Kier alpha value is -3.53. The third-order valence-corrected chi connectivity index (χ3v) is 4.72. The number of furan rings is 1. The van der Waals surface area contributed by atoms with E-state index in [0.29, 0.717) is 33.8 Å². The van der Waals surface area contributed by atoms with Crippen molar-refractivity contribution in [2.45, 2.75) is 5.16 Å². The van der Waals surface area contributed by atoms with Gasteiger partial charge < -0.3 is 14.5 Å². The van der Waals surface area contributed by atoms with E-state index in [-0.39, 0.29) is 17.2 Å². The van der Waals surface area contributed by atoms with E-state index in [0.717, 1.165) is 11.8 Å². The highest BCUT2D eigenvalue weighted by molar-refractivity contribution is 7.99. The van der Waals surface area contributed by atoms with Gasteiger partial charge in [-0.05, 0) is 24.3 Å². The maximum Gasteiger partial charge on any atom is 0.266 e. The summed E-state index contributed by atoms with van der Waals surface area (Å²) in [6, 6.07) is 11.9. The number of aromatic amines is 1. The van der Waals surface area contributed by atoms with Gasteiger partial charge in [-0.1, -0.05) is 23.9 Å². The van der Waals surface area contributed by atoms with E-state index >= 15 is 0 Å². The van der Waals surface area contributed by atoms with Crippen LogP contribution in [0.3, 0.4) is 0 Å². The van der Waals surface area contributed by atoms with Gasteiger partial charge in [0.15, 0.2) is 22.4 Å². The fourth-order valence-electron chi connectivity index (χ4n) is 2.56. The number of methoxy groups -OCH3 is 1. The molecule has 28 heavy (non-hydrogen) atoms. The molecule has 0 bridgehead atoms. The Morgan fingerprint density at radius 1 is 1.29 bits per heavy atom. The van der Waals surface area contributed by atoms with Crippen molar-refractivity contribution in [2.75, 3.05) is 18.2 Å². The monoisotopic (exact) mass is 397 g/mol. The Morgan fingerprint density at radius 3 is 2.93 bits per heavy atom. The number of carbonyl (C=O) groups excluding carboxylic acids is 1. The zero-order valence-electron chi connectivity index (χ0n) is 14.7. The second-order valence-corrected chi connectivity index (χ2v) is 6.60. The van der Waals surface area contributed by atoms with Crippen LogP contribution in [-0.4, -0.2) is 38.4 Å². The normalized spacial score (nSPS) is 10.9. The van der Waals surface area contributed by atoms with Gasteiger partial charge in [-0.15, -0.1) is 0 Å². The Balaban J connectivity index is 1.57. The van der Waals surface area contributed by atoms with Crippen molar-refractivity contribution in [2.24, 2.45) is 0 Å². The molecular formula is C18H15N5O4S. The molecule has 1 amide bonds. The Morgan fingerprint density at radius 2 is 2.14 bits per heavy atom. The molecule has 0 unspecified atom stereocenters. The van der Waals surface area contributed by atoms with E-state index in [1.807, 2.05) is 6.07 Å². The van der Waals surface area contributed by atoms with Crippen LogP contribution in [0.4, 0.5) is 5.69 Å². The van der Waals surface area contributed by atoms with Crippen LogP contribution in [0.2, 0.25) is 0 Å². The molecule has 4 rings (SSSR count). The first-order valence-corrected chi connectivity index (χ1v) is 9.22. The molecule has 1 aromatic carbocycles. The molecule has 0 aliphatic heterocycles. The second-order valence-electron chi connectivity index (χ2n) is 5.66. The van der Waals surface area contributed by atoms with Crippen molar-refractivity contribution < 1.29 is 13.9 Å². The lowest BCUT2D eigenvalue weighted by atomic mass is 10.3. The van der Waals surface area contributed by atoms with Gasteiger partial charge in [0.1, 0.15) is 5.75 Å². The predicted molar refractivity (Wildman–Crippen MR) is 104 cm³/mol. The molecule has 0 fully saturated rings. The summed E-state index contributed by atoms with van der Waals surface area (Å²) in [6.07, 6.45) is 1.51. The summed E-state index contributed by atoms with van der Waals surface area (Å²) in [5.41, 5.74) is 0.652. The largest absolute Gasteiger partial charge is 0.495 e. The summed E-state index contributed by atoms with van der Waals surface area (Å²) in [5, 5.41) is 5.83. The molecule has 2 N–H and O–H groups in total. The van der Waals surface area contributed by atoms with Crippen molar-refractivity contribution in [3.8, 4) is 17.3 Å². The zero-order chi connectivity index (χ0) is 19.5. The number of thioether (sulfide) groups is 1. The Kier molecular flexibility index (Phi) is 4.85. The third kappa shape index (κ3) is 3.62. The molecule has 3 heterocycles. The van der Waals surface area contributed by atoms with Crippen LogP contribution in [0.15, 0.2) is 63.1 Å². The van der Waals surface area contributed by atoms with Crippen molar-refractivity contribution in [1.29, 1.82) is 0 Å². The van der Waals surface area contributed by atoms with Crippen LogP contribution in [0.1, 0.15) is 0 Å². The Bertz CT molecular complexity index is 1180. The second kappa shape index (κ2) is 7.61. The lowest BCUT2D eigenvalue weighted by Gasteiger charge is -2.10. The van der Waals surface area contributed by atoms with Crippen LogP contribution in [0.5, 0.6) is 5.75 Å². The lowest BCUT2D eigenvalue weighted by molar-refractivity contribution is -0.113. The number of ether oxygens (including phenoxy) is 1. The highest BCUT2D eigenvalue weighted by atomic mass is 32.2. The van der Waals surface area contributed by atoms with E-state index < -0.39 is 0 Å². The first-order chi connectivity index (χ1) is 13.6. The molecule has 0 atom stereocenters. The number of nitrogens with one attached hydrogen (secondary N) is 2. The molecule has 0 aliphatic carbocycles. The number of para-hydroxylation sites is 2. The number of hydrogen-bond acceptors (Lipinski definition) is 7. The van der Waals surface area contributed by atoms with Crippen LogP contribution >= 0.6 is 11.8 Å². The molecule has 0 radical (unpaired) electrons. The van der Waals surface area contributed by atoms with E-state index in [1.165, 1.54) is 24.0 Å². The van der Waals surface area contributed by atoms with E-state index in [4.69, 9.17) is 9.15 Å². The minimum Gasteiger partial charge on any atom is -0.495 e. The van der Waals surface area contributed by atoms with E-state index in [2.05, 4.69) is 20.4 Å². The van der Waals surface area contributed by atoms with Crippen LogP contribution in [0.25, 0.3) is 17.2 Å². The number of aromatic nitrogens is 4. The van der Waals surface area contributed by atoms with Crippen LogP contribution < -0.4 is 15.6 Å². The number of amides is 1. The van der Waals surface area contributed by atoms with Gasteiger partial charge in [0.05, 0.1) is 24.8 Å². The Labute approximate surface area is 162 Å². The smallest absolute Gasteiger partial charge is 0.266 e. The highest BCUT2D eigenvalue weighted by Crippen LogP contribution is 2.25. The van der Waals surface area contributed by atoms with Crippen LogP contribution in [-0.2, 0) is 4.79 Å². The summed E-state index contributed by atoms with van der Waals surface area (Å²) in [4.78, 5) is 32.8. The fourth-order valence-corrected chi connectivity index (χ4v) is 3.31. The molecule has 0 saturated heterocycles. The first kappa shape index (κ1) is 17.9. The number of rotatable bonds is 6. The molecule has 3 aromatic heterocycles. The minimum absolute atomic E-state index is 0.0714. The molecule has 142 valence electrons. The summed E-state index contributed by atoms with van der Waals surface area (Å²) in [5.74, 6) is 1.20. The molecule has 10 heteroatoms. The van der Waals surface area contributed by atoms with Gasteiger partial charge in [0.25, 0.3) is 5.56 Å². The number of fused-ring (bicyclic) bond motifs is 1. The van der Waals surface area contributed by atoms with Crippen molar-refractivity contribution in [1.82, 2.24) is 19.6 Å². The topological polar surface area (TPSA) is 115 Å². The van der Waals surface area contributed by atoms with E-state index in [1.54, 1.807) is 30.3 Å². The van der Waals surface area contributed by atoms with Gasteiger partial charge in [-0.25, -0.2) is 9.50 Å². The summed E-state index contributed by atoms with van der Waals surface area (Å²) in [6.45, 7) is 0. The quantitative estimate of drug-likeness (QED) is 0.480. The average Bonchev–Trinajstić information content (AvgIpc) is 3.35. The first-order valence-electron chi connectivity index (χ1n) is 8.23. The number of nitrogens with zero attached hydrogens (tertiary/aromatic N) is 3. The van der Waals surface area contributed by atoms with Gasteiger partial charge in [-0.3, -0.25) is 14.7 Å². The number of hydrogen-bond donors (Lipinski definition) is 2. The van der Waals surface area contributed by atoms with Gasteiger partial charge in [0.2, 0.25) is 5.91 Å². The predicted octanol–water partition coefficient (Wildman–Crippen LogP) is 2.42. The molecule has 9 nitrogen and oxygen atoms in total. The summed E-state index contributed by atoms with van der Waals surface area (Å²) >= 11 is 1.16. The molecule has 4 aromatic rings. The maximum absolute atomic E-state index is 12.4. The fraction of sp³-hybridized carbons (Fsp3) is 0.111. The number of anilines is 1. The SMILES string of the molecule is COc1ccccc1NC(=O)CSc1nc(-c2ccco2)nc2cc(=O)[nH]n12. The van der Waals surface area contributed by atoms with Gasteiger partial charge >= 0.3 is 0 Å². The van der Waals surface area contributed by atoms with Crippen LogP contribution in [0, 0.1) is 0 Å². The molecule has 0 spiro atoms. The average molecular weight is 397 g/mol. The zero-order valence-corrected chi connectivity index (χ0v) is 15.5. The van der Waals surface area contributed by atoms with E-state index in [9.17, 15) is 9.59 Å². The van der Waals surface area contributed by atoms with Crippen molar-refractivity contribution in [3.05, 3.63) is 59.1 Å². The number of H-pyrrole nitrogens is 1. The third-order valence-electron chi connectivity index (χ3n) is 3.78. The summed E-state index contributed by atoms with van der Waals surface area (Å²) < 4.78 is 12.0. The highest BCUT2D eigenvalue weighted by Gasteiger charge is 2.15. The van der Waals surface area contributed by atoms with Gasteiger partial charge in [-0.2, -0.15) is 4.98 Å². The van der Waals surface area contributed by atoms with Crippen molar-refractivity contribution >= 4 is 29.0 Å². The molecule has 0 aliphatic rings. The minimum atomic E-state index is -0.314. The standard InChI is InChI=1S/C18H15N5O4S/c1-26-12-6-3-2-5-11(12)19-16(25)10-28-18-21-17(13-7-4-8-27-13)20-14-9-15(24)22-23(14)18/h2-9H,10H2,1H3,(H,19,25)(H,22,24). The lowest BCUT2D eigenvalue weighted by Crippen LogP contribution is -2.15. The molecular weight excluding hydrogens is 382 g/mol. The van der Waals surface area contributed by atoms with Crippen molar-refractivity contribution in [3.63, 3.8) is 0 Å².